The van der Waals surface area contributed by atoms with Gasteiger partial charge in [-0.05, 0) is 35.7 Å². The van der Waals surface area contributed by atoms with Crippen LogP contribution in [0, 0.1) is 6.92 Å². The number of halogens is 1. The van der Waals surface area contributed by atoms with Crippen molar-refractivity contribution < 1.29 is 8.42 Å². The summed E-state index contributed by atoms with van der Waals surface area (Å²) in [6.07, 6.45) is 0. The Morgan fingerprint density at radius 1 is 1.00 bits per heavy atom. The molecule has 19 heavy (non-hydrogen) atoms. The second kappa shape index (κ2) is 5.88. The fourth-order valence-electron chi connectivity index (χ4n) is 2.01. The molecule has 4 heteroatoms. The first-order valence-electron chi connectivity index (χ1n) is 5.96. The summed E-state index contributed by atoms with van der Waals surface area (Å²) in [5.41, 5.74) is 3.03. The van der Waals surface area contributed by atoms with Crippen molar-refractivity contribution in [2.75, 3.05) is 0 Å². The van der Waals surface area contributed by atoms with E-state index in [2.05, 4.69) is 15.9 Å². The maximum absolute atomic E-state index is 12.4. The molecule has 2 aromatic rings. The van der Waals surface area contributed by atoms with Crippen LogP contribution in [0.1, 0.15) is 16.7 Å². The van der Waals surface area contributed by atoms with E-state index in [9.17, 15) is 8.42 Å². The van der Waals surface area contributed by atoms with Crippen molar-refractivity contribution in [2.24, 2.45) is 0 Å². The van der Waals surface area contributed by atoms with Crippen LogP contribution in [-0.4, -0.2) is 8.42 Å². The largest absolute Gasteiger partial charge is 0.223 e. The molecule has 0 saturated carbocycles. The first-order chi connectivity index (χ1) is 9.04. The molecule has 0 atom stereocenters. The Labute approximate surface area is 122 Å². The number of hydrogen-bond acceptors (Lipinski definition) is 2. The van der Waals surface area contributed by atoms with Gasteiger partial charge in [-0.15, -0.1) is 0 Å². The molecule has 0 aliphatic heterocycles. The van der Waals surface area contributed by atoms with Gasteiger partial charge in [0.15, 0.2) is 9.84 Å². The minimum atomic E-state index is -3.28. The Balaban J connectivity index is 2.39. The molecule has 0 aromatic heterocycles. The van der Waals surface area contributed by atoms with Crippen LogP contribution in [0.3, 0.4) is 0 Å². The molecule has 0 heterocycles. The van der Waals surface area contributed by atoms with Gasteiger partial charge in [0.25, 0.3) is 0 Å². The zero-order valence-corrected chi connectivity index (χ0v) is 13.0. The Bertz CT molecular complexity index is 664. The lowest BCUT2D eigenvalue weighted by atomic mass is 10.1. The molecule has 0 amide bonds. The van der Waals surface area contributed by atoms with Crippen LogP contribution < -0.4 is 0 Å². The summed E-state index contributed by atoms with van der Waals surface area (Å²) < 4.78 is 24.7. The molecule has 100 valence electrons. The Kier molecular flexibility index (Phi) is 4.42. The Hall–Kier alpha value is -1.13. The molecule has 0 saturated heterocycles. The Morgan fingerprint density at radius 2 is 1.68 bits per heavy atom. The third-order valence-electron chi connectivity index (χ3n) is 3.09. The van der Waals surface area contributed by atoms with Gasteiger partial charge in [0.1, 0.15) is 0 Å². The zero-order chi connectivity index (χ0) is 13.9. The van der Waals surface area contributed by atoms with Gasteiger partial charge < -0.3 is 0 Å². The number of benzene rings is 2. The quantitative estimate of drug-likeness (QED) is 0.793. The maximum atomic E-state index is 12.4. The molecule has 0 unspecified atom stereocenters. The van der Waals surface area contributed by atoms with Gasteiger partial charge in [0.05, 0.1) is 10.6 Å². The van der Waals surface area contributed by atoms with E-state index in [-0.39, 0.29) is 5.75 Å². The second-order valence-electron chi connectivity index (χ2n) is 4.42. The van der Waals surface area contributed by atoms with Crippen molar-refractivity contribution in [1.29, 1.82) is 0 Å². The SMILES string of the molecule is Cc1cccc(CS(=O)(=O)c2ccccc2)c1CBr. The molecule has 0 radical (unpaired) electrons. The molecule has 0 N–H and O–H groups in total. The molecule has 0 bridgehead atoms. The van der Waals surface area contributed by atoms with Gasteiger partial charge in [0.2, 0.25) is 0 Å². The third kappa shape index (κ3) is 3.25. The highest BCUT2D eigenvalue weighted by Gasteiger charge is 2.17. The van der Waals surface area contributed by atoms with Gasteiger partial charge >= 0.3 is 0 Å². The minimum Gasteiger partial charge on any atom is -0.223 e. The smallest absolute Gasteiger partial charge is 0.182 e. The molecule has 2 aromatic carbocycles. The van der Waals surface area contributed by atoms with Gasteiger partial charge in [-0.1, -0.05) is 52.3 Å². The highest BCUT2D eigenvalue weighted by Crippen LogP contribution is 2.22. The molecule has 0 aliphatic carbocycles. The average molecular weight is 339 g/mol. The van der Waals surface area contributed by atoms with E-state index < -0.39 is 9.84 Å². The average Bonchev–Trinajstić information content (AvgIpc) is 2.40. The summed E-state index contributed by atoms with van der Waals surface area (Å²) in [4.78, 5) is 0.372. The second-order valence-corrected chi connectivity index (χ2v) is 6.97. The number of hydrogen-bond donors (Lipinski definition) is 0. The van der Waals surface area contributed by atoms with Crippen LogP contribution in [0.4, 0.5) is 0 Å². The summed E-state index contributed by atoms with van der Waals surface area (Å²) in [6.45, 7) is 2.00. The van der Waals surface area contributed by atoms with Gasteiger partial charge in [-0.3, -0.25) is 0 Å². The summed E-state index contributed by atoms with van der Waals surface area (Å²) >= 11 is 3.43. The van der Waals surface area contributed by atoms with Crippen LogP contribution in [-0.2, 0) is 20.9 Å². The predicted octanol–water partition coefficient (Wildman–Crippen LogP) is 3.86. The molecule has 0 aliphatic rings. The minimum absolute atomic E-state index is 0.0413. The van der Waals surface area contributed by atoms with Crippen molar-refractivity contribution in [1.82, 2.24) is 0 Å². The topological polar surface area (TPSA) is 34.1 Å². The summed E-state index contributed by atoms with van der Waals surface area (Å²) in [5, 5.41) is 0.666. The number of rotatable bonds is 4. The van der Waals surface area contributed by atoms with Crippen LogP contribution in [0.25, 0.3) is 0 Å². The predicted molar refractivity (Wildman–Crippen MR) is 81.1 cm³/mol. The lowest BCUT2D eigenvalue weighted by Crippen LogP contribution is -2.07. The number of alkyl halides is 1. The van der Waals surface area contributed by atoms with E-state index in [0.717, 1.165) is 16.7 Å². The standard InChI is InChI=1S/C15H15BrO2S/c1-12-6-5-7-13(15(12)10-16)11-19(17,18)14-8-3-2-4-9-14/h2-9H,10-11H2,1H3. The highest BCUT2D eigenvalue weighted by atomic mass is 79.9. The van der Waals surface area contributed by atoms with Crippen LogP contribution in [0.15, 0.2) is 53.4 Å². The van der Waals surface area contributed by atoms with Crippen LogP contribution in [0.5, 0.6) is 0 Å². The molecule has 0 fully saturated rings. The summed E-state index contributed by atoms with van der Waals surface area (Å²) in [6, 6.07) is 14.4. The lowest BCUT2D eigenvalue weighted by Gasteiger charge is -2.11. The van der Waals surface area contributed by atoms with Crippen molar-refractivity contribution in [3.63, 3.8) is 0 Å². The van der Waals surface area contributed by atoms with Gasteiger partial charge in [-0.25, -0.2) is 8.42 Å². The third-order valence-corrected chi connectivity index (χ3v) is 5.33. The number of aryl methyl sites for hydroxylation is 1. The van der Waals surface area contributed by atoms with Crippen molar-refractivity contribution >= 4 is 25.8 Å². The molecular weight excluding hydrogens is 324 g/mol. The van der Waals surface area contributed by atoms with E-state index in [0.29, 0.717) is 10.2 Å². The highest BCUT2D eigenvalue weighted by molar-refractivity contribution is 9.08. The molecular formula is C15H15BrO2S. The maximum Gasteiger partial charge on any atom is 0.182 e. The Morgan fingerprint density at radius 3 is 2.32 bits per heavy atom. The zero-order valence-electron chi connectivity index (χ0n) is 10.6. The van der Waals surface area contributed by atoms with Crippen molar-refractivity contribution in [3.05, 3.63) is 65.2 Å². The van der Waals surface area contributed by atoms with Crippen molar-refractivity contribution in [3.8, 4) is 0 Å². The summed E-state index contributed by atoms with van der Waals surface area (Å²) in [5.74, 6) is 0.0413. The van der Waals surface area contributed by atoms with Crippen molar-refractivity contribution in [2.45, 2.75) is 22.9 Å². The monoisotopic (exact) mass is 338 g/mol. The lowest BCUT2D eigenvalue weighted by molar-refractivity contribution is 0.595. The van der Waals surface area contributed by atoms with E-state index >= 15 is 0 Å². The summed E-state index contributed by atoms with van der Waals surface area (Å²) in [7, 11) is -3.28. The first kappa shape index (κ1) is 14.3. The van der Waals surface area contributed by atoms with Crippen LogP contribution >= 0.6 is 15.9 Å². The normalized spacial score (nSPS) is 11.5. The van der Waals surface area contributed by atoms with E-state index in [1.165, 1.54) is 0 Å². The number of sulfone groups is 1. The first-order valence-corrected chi connectivity index (χ1v) is 8.73. The van der Waals surface area contributed by atoms with Gasteiger partial charge in [0, 0.05) is 5.33 Å². The molecule has 2 nitrogen and oxygen atoms in total. The molecule has 2 rings (SSSR count). The van der Waals surface area contributed by atoms with E-state index in [1.807, 2.05) is 31.2 Å². The van der Waals surface area contributed by atoms with E-state index in [4.69, 9.17) is 0 Å². The molecule has 0 spiro atoms. The fourth-order valence-corrected chi connectivity index (χ4v) is 4.23. The van der Waals surface area contributed by atoms with Crippen LogP contribution in [0.2, 0.25) is 0 Å². The van der Waals surface area contributed by atoms with E-state index in [1.54, 1.807) is 24.3 Å². The fraction of sp³-hybridized carbons (Fsp3) is 0.200. The van der Waals surface area contributed by atoms with Gasteiger partial charge in [-0.2, -0.15) is 0 Å².